The molecule has 1 aliphatic carbocycles. The molecule has 2 aromatic carbocycles. The molecule has 2 heterocycles. The van der Waals surface area contributed by atoms with E-state index in [0.29, 0.717) is 40.0 Å². The Bertz CT molecular complexity index is 1070. The Hall–Kier alpha value is -3.62. The number of carboxylic acid groups (broad SMARTS) is 1. The highest BCUT2D eigenvalue weighted by atomic mass is 16.7. The molecule has 9 nitrogen and oxygen atoms in total. The molecule has 9 heteroatoms. The van der Waals surface area contributed by atoms with Gasteiger partial charge in [-0.25, -0.2) is 0 Å². The zero-order valence-corrected chi connectivity index (χ0v) is 17.2. The summed E-state index contributed by atoms with van der Waals surface area (Å²) in [7, 11) is 4.58. The van der Waals surface area contributed by atoms with Gasteiger partial charge in [-0.05, 0) is 35.4 Å². The number of nitrogens with zero attached hydrogens (tertiary/aromatic N) is 1. The molecule has 0 fully saturated rings. The van der Waals surface area contributed by atoms with Crippen molar-refractivity contribution in [3.63, 3.8) is 0 Å². The van der Waals surface area contributed by atoms with Gasteiger partial charge in [0.15, 0.2) is 23.0 Å². The third-order valence-corrected chi connectivity index (χ3v) is 6.05. The molecule has 0 unspecified atom stereocenters. The van der Waals surface area contributed by atoms with Crippen molar-refractivity contribution in [2.75, 3.05) is 34.7 Å². The first-order valence-corrected chi connectivity index (χ1v) is 9.73. The Morgan fingerprint density at radius 1 is 1.03 bits per heavy atom. The normalized spacial score (nSPS) is 22.7. The summed E-state index contributed by atoms with van der Waals surface area (Å²) < 4.78 is 27.6. The molecular weight excluding hydrogens is 406 g/mol. The van der Waals surface area contributed by atoms with Crippen LogP contribution in [0.5, 0.6) is 28.7 Å². The molecule has 3 aliphatic rings. The number of carboxylic acids is 1. The predicted molar refractivity (Wildman–Crippen MR) is 108 cm³/mol. The van der Waals surface area contributed by atoms with Crippen LogP contribution in [0.2, 0.25) is 0 Å². The molecule has 0 amide bonds. The number of methoxy groups -OCH3 is 3. The van der Waals surface area contributed by atoms with Gasteiger partial charge in [0.25, 0.3) is 0 Å². The Balaban J connectivity index is 1.77. The number of benzene rings is 2. The summed E-state index contributed by atoms with van der Waals surface area (Å²) >= 11 is 0. The summed E-state index contributed by atoms with van der Waals surface area (Å²) in [5.74, 6) is -0.175. The van der Waals surface area contributed by atoms with Crippen molar-refractivity contribution >= 4 is 11.7 Å². The lowest BCUT2D eigenvalue weighted by Crippen LogP contribution is -2.40. The van der Waals surface area contributed by atoms with Crippen molar-refractivity contribution in [2.24, 2.45) is 17.0 Å². The Kier molecular flexibility index (Phi) is 4.53. The van der Waals surface area contributed by atoms with Crippen LogP contribution in [0.25, 0.3) is 0 Å². The van der Waals surface area contributed by atoms with Crippen molar-refractivity contribution in [2.45, 2.75) is 5.92 Å². The monoisotopic (exact) mass is 427 g/mol. The fourth-order valence-electron chi connectivity index (χ4n) is 4.70. The molecule has 0 aromatic heterocycles. The zero-order valence-electron chi connectivity index (χ0n) is 17.2. The summed E-state index contributed by atoms with van der Waals surface area (Å²) in [6.45, 7) is 0.308. The van der Waals surface area contributed by atoms with E-state index in [1.54, 1.807) is 12.1 Å². The van der Waals surface area contributed by atoms with Gasteiger partial charge in [-0.1, -0.05) is 5.16 Å². The van der Waals surface area contributed by atoms with Crippen molar-refractivity contribution in [3.05, 3.63) is 41.0 Å². The summed E-state index contributed by atoms with van der Waals surface area (Å²) in [4.78, 5) is 17.8. The molecule has 0 bridgehead atoms. The molecule has 2 aromatic rings. The highest BCUT2D eigenvalue weighted by Crippen LogP contribution is 2.51. The Morgan fingerprint density at radius 2 is 1.71 bits per heavy atom. The van der Waals surface area contributed by atoms with Crippen LogP contribution in [0.15, 0.2) is 29.4 Å². The van der Waals surface area contributed by atoms with Gasteiger partial charge in [0, 0.05) is 11.5 Å². The first kappa shape index (κ1) is 19.3. The van der Waals surface area contributed by atoms with Gasteiger partial charge >= 0.3 is 5.97 Å². The molecule has 1 N–H and O–H groups in total. The Labute approximate surface area is 178 Å². The van der Waals surface area contributed by atoms with Gasteiger partial charge in [0.1, 0.15) is 6.61 Å². The average molecular weight is 427 g/mol. The highest BCUT2D eigenvalue weighted by Gasteiger charge is 2.49. The molecule has 5 rings (SSSR count). The van der Waals surface area contributed by atoms with E-state index >= 15 is 0 Å². The minimum Gasteiger partial charge on any atom is -0.493 e. The van der Waals surface area contributed by atoms with Gasteiger partial charge < -0.3 is 33.6 Å². The van der Waals surface area contributed by atoms with E-state index in [2.05, 4.69) is 5.16 Å². The van der Waals surface area contributed by atoms with Crippen molar-refractivity contribution in [3.8, 4) is 28.7 Å². The molecule has 31 heavy (non-hydrogen) atoms. The van der Waals surface area contributed by atoms with Crippen LogP contribution in [-0.2, 0) is 9.63 Å². The lowest BCUT2D eigenvalue weighted by molar-refractivity contribution is -0.143. The number of ether oxygens (including phenoxy) is 5. The standard InChI is InChI=1S/C22H21NO8/c1-26-16-4-10(5-17(27-2)21(16)28-3)18-11-6-14-15(30-9-29-14)7-12(11)20-13(8-31-23-20)19(18)22(24)25/h4-7,13,18-19H,8-9H2,1-3H3,(H,24,25)/t13-,18+,19-/m0/s1. The maximum absolute atomic E-state index is 12.5. The lowest BCUT2D eigenvalue weighted by Gasteiger charge is -2.35. The number of hydrogen-bond acceptors (Lipinski definition) is 8. The maximum atomic E-state index is 12.5. The van der Waals surface area contributed by atoms with Crippen LogP contribution in [0, 0.1) is 11.8 Å². The van der Waals surface area contributed by atoms with Gasteiger partial charge in [-0.2, -0.15) is 0 Å². The number of oxime groups is 1. The SMILES string of the molecule is COc1cc([C@@H]2c3cc4c(cc3C3=NOC[C@H]3[C@@H]2C(=O)O)OCO4)cc(OC)c1OC. The number of fused-ring (bicyclic) bond motifs is 4. The summed E-state index contributed by atoms with van der Waals surface area (Å²) in [6, 6.07) is 7.25. The minimum absolute atomic E-state index is 0.113. The first-order valence-electron chi connectivity index (χ1n) is 9.73. The number of hydrogen-bond donors (Lipinski definition) is 1. The van der Waals surface area contributed by atoms with Crippen LogP contribution in [-0.4, -0.2) is 51.5 Å². The minimum atomic E-state index is -0.940. The quantitative estimate of drug-likeness (QED) is 0.777. The van der Waals surface area contributed by atoms with Crippen LogP contribution in [0.3, 0.4) is 0 Å². The van der Waals surface area contributed by atoms with E-state index in [1.807, 2.05) is 12.1 Å². The largest absolute Gasteiger partial charge is 0.493 e. The molecule has 0 saturated carbocycles. The van der Waals surface area contributed by atoms with Gasteiger partial charge in [-0.15, -0.1) is 0 Å². The van der Waals surface area contributed by atoms with E-state index in [0.717, 1.165) is 11.1 Å². The van der Waals surface area contributed by atoms with Crippen molar-refractivity contribution in [1.29, 1.82) is 0 Å². The van der Waals surface area contributed by atoms with Crippen LogP contribution in [0.1, 0.15) is 22.6 Å². The van der Waals surface area contributed by atoms with Crippen molar-refractivity contribution < 1.29 is 38.4 Å². The molecule has 3 atom stereocenters. The number of rotatable bonds is 5. The second-order valence-corrected chi connectivity index (χ2v) is 7.47. The molecule has 0 saturated heterocycles. The van der Waals surface area contributed by atoms with Crippen LogP contribution in [0.4, 0.5) is 0 Å². The summed E-state index contributed by atoms with van der Waals surface area (Å²) in [5, 5.41) is 14.4. The predicted octanol–water partition coefficient (Wildman–Crippen LogP) is 2.64. The first-order chi connectivity index (χ1) is 15.1. The highest BCUT2D eigenvalue weighted by molar-refractivity contribution is 6.08. The van der Waals surface area contributed by atoms with Gasteiger partial charge in [0.05, 0.1) is 38.9 Å². The fraction of sp³-hybridized carbons (Fsp3) is 0.364. The van der Waals surface area contributed by atoms with E-state index in [-0.39, 0.29) is 13.4 Å². The maximum Gasteiger partial charge on any atom is 0.308 e. The third-order valence-electron chi connectivity index (χ3n) is 6.05. The second kappa shape index (κ2) is 7.26. The number of aliphatic carboxylic acids is 1. The summed E-state index contributed by atoms with van der Waals surface area (Å²) in [6.07, 6.45) is 0. The fourth-order valence-corrected chi connectivity index (χ4v) is 4.70. The molecule has 0 spiro atoms. The molecular formula is C22H21NO8. The summed E-state index contributed by atoms with van der Waals surface area (Å²) in [5.41, 5.74) is 2.90. The van der Waals surface area contributed by atoms with E-state index in [9.17, 15) is 9.90 Å². The average Bonchev–Trinajstić information content (AvgIpc) is 3.44. The van der Waals surface area contributed by atoms with E-state index < -0.39 is 23.7 Å². The van der Waals surface area contributed by atoms with Gasteiger partial charge in [-0.3, -0.25) is 4.79 Å². The van der Waals surface area contributed by atoms with E-state index in [4.69, 9.17) is 28.5 Å². The topological polar surface area (TPSA) is 105 Å². The molecule has 2 aliphatic heterocycles. The lowest BCUT2D eigenvalue weighted by atomic mass is 9.66. The molecule has 162 valence electrons. The third kappa shape index (κ3) is 2.83. The zero-order chi connectivity index (χ0) is 21.7. The smallest absolute Gasteiger partial charge is 0.308 e. The second-order valence-electron chi connectivity index (χ2n) is 7.47. The Morgan fingerprint density at radius 3 is 2.32 bits per heavy atom. The van der Waals surface area contributed by atoms with Crippen molar-refractivity contribution in [1.82, 2.24) is 0 Å². The van der Waals surface area contributed by atoms with Crippen LogP contribution < -0.4 is 23.7 Å². The molecule has 0 radical (unpaired) electrons. The van der Waals surface area contributed by atoms with E-state index in [1.165, 1.54) is 21.3 Å². The number of carbonyl (C=O) groups is 1. The van der Waals surface area contributed by atoms with Crippen LogP contribution >= 0.6 is 0 Å². The van der Waals surface area contributed by atoms with Gasteiger partial charge in [0.2, 0.25) is 12.5 Å².